The molecule has 4 atom stereocenters. The van der Waals surface area contributed by atoms with E-state index in [-0.39, 0.29) is 37.5 Å². The molecule has 0 saturated heterocycles. The number of carboxylic acids is 1. The molecule has 0 aromatic heterocycles. The molecule has 0 unspecified atom stereocenters. The lowest BCUT2D eigenvalue weighted by molar-refractivity contribution is -0.158. The van der Waals surface area contributed by atoms with Crippen LogP contribution >= 0.6 is 0 Å². The topological polar surface area (TPSA) is 316 Å². The molecule has 0 bridgehead atoms. The Hall–Kier alpha value is -5.26. The van der Waals surface area contributed by atoms with E-state index in [1.54, 1.807) is 13.8 Å². The largest absolute Gasteiger partial charge is 0.508 e. The molecule has 0 fully saturated rings. The number of phenols is 1. The number of phenolic OH excluding ortho intramolecular Hbond substituents is 1. The van der Waals surface area contributed by atoms with Gasteiger partial charge < -0.3 is 49.1 Å². The van der Waals surface area contributed by atoms with Gasteiger partial charge in [0.1, 0.15) is 29.9 Å². The van der Waals surface area contributed by atoms with Gasteiger partial charge in [0, 0.05) is 19.9 Å². The Bertz CT molecular complexity index is 1370. The number of hydrogen-bond acceptors (Lipinski definition) is 10. The summed E-state index contributed by atoms with van der Waals surface area (Å²) in [6.07, 6.45) is -1.12. The average Bonchev–Trinajstić information content (AvgIpc) is 2.96. The van der Waals surface area contributed by atoms with Gasteiger partial charge >= 0.3 is 5.97 Å². The van der Waals surface area contributed by atoms with Crippen LogP contribution in [0.1, 0.15) is 59.4 Å². The molecule has 0 saturated carbocycles. The first-order chi connectivity index (χ1) is 22.1. The molecule has 0 spiro atoms. The minimum Gasteiger partial charge on any atom is -0.508 e. The van der Waals surface area contributed by atoms with E-state index in [1.165, 1.54) is 38.1 Å². The maximum atomic E-state index is 13.9. The number of aliphatic imine (C=N–C) groups is 1. The molecule has 6 amide bonds. The Labute approximate surface area is 278 Å². The van der Waals surface area contributed by atoms with Crippen molar-refractivity contribution in [1.82, 2.24) is 20.9 Å². The Morgan fingerprint density at radius 3 is 1.96 bits per heavy atom. The van der Waals surface area contributed by atoms with Crippen molar-refractivity contribution in [2.45, 2.75) is 90.0 Å². The van der Waals surface area contributed by atoms with Crippen molar-refractivity contribution in [3.63, 3.8) is 0 Å². The van der Waals surface area contributed by atoms with Gasteiger partial charge in [-0.15, -0.1) is 0 Å². The summed E-state index contributed by atoms with van der Waals surface area (Å²) in [7, 11) is 0. The summed E-state index contributed by atoms with van der Waals surface area (Å²) >= 11 is 0. The zero-order chi connectivity index (χ0) is 36.9. The highest BCUT2D eigenvalue weighted by Gasteiger charge is 2.44. The van der Waals surface area contributed by atoms with Gasteiger partial charge in [-0.2, -0.15) is 0 Å². The smallest absolute Gasteiger partial charge is 0.306 e. The Morgan fingerprint density at radius 2 is 1.50 bits per heavy atom. The normalized spacial score (nSPS) is 13.6. The van der Waals surface area contributed by atoms with Crippen LogP contribution in [0.25, 0.3) is 0 Å². The molecule has 1 aromatic carbocycles. The summed E-state index contributed by atoms with van der Waals surface area (Å²) in [5.41, 5.74) is 20.9. The third kappa shape index (κ3) is 13.2. The molecule has 0 aliphatic rings. The molecule has 1 aromatic rings. The first-order valence-corrected chi connectivity index (χ1v) is 15.0. The van der Waals surface area contributed by atoms with Crippen LogP contribution in [-0.4, -0.2) is 98.7 Å². The number of aliphatic carboxylic acids is 1. The van der Waals surface area contributed by atoms with E-state index in [0.717, 1.165) is 6.92 Å². The third-order valence-electron chi connectivity index (χ3n) is 6.89. The predicted molar refractivity (Wildman–Crippen MR) is 173 cm³/mol. The van der Waals surface area contributed by atoms with Gasteiger partial charge in [0.05, 0.1) is 12.0 Å². The van der Waals surface area contributed by atoms with Crippen molar-refractivity contribution in [2.24, 2.45) is 33.8 Å². The summed E-state index contributed by atoms with van der Waals surface area (Å²) in [6, 6.07) is -0.300. The second-order valence-electron chi connectivity index (χ2n) is 12.1. The SMILES string of the molecule is CC(=O)N[C@@H](CCCN=C(N)N)C(=O)N(C(=O)C(C)(C)N)[C@@H](CC(=O)O)C(=O)N[C@H](C(=O)N[C@@H](Cc1ccc(O)cc1)C(N)=O)C(C)C. The van der Waals surface area contributed by atoms with Crippen molar-refractivity contribution in [1.29, 1.82) is 0 Å². The number of aromatic hydroxyl groups is 1. The van der Waals surface area contributed by atoms with Crippen molar-refractivity contribution >= 4 is 47.4 Å². The molecular formula is C30H47N9O9. The first kappa shape index (κ1) is 40.8. The summed E-state index contributed by atoms with van der Waals surface area (Å²) in [5, 5.41) is 26.5. The number of guanidine groups is 1. The van der Waals surface area contributed by atoms with Gasteiger partial charge in [0.25, 0.3) is 5.91 Å². The number of nitrogens with zero attached hydrogens (tertiary/aromatic N) is 2. The number of carbonyl (C=O) groups is 7. The first-order valence-electron chi connectivity index (χ1n) is 15.0. The standard InChI is InChI=1S/C30H47N9O9/c1-15(2)23(26(46)37-20(24(31)44)13-17-8-10-18(41)11-9-17)38-25(45)21(14-22(42)43)39(28(48)30(4,5)34)27(47)19(36-16(3)40)7-6-12-35-29(32)33/h8-11,15,19-21,23,41H,6-7,12-14,34H2,1-5H3,(H2,31,44)(H,36,40)(H,37,46)(H,38,45)(H,42,43)(H4,32,33,35)/t19-,20-,21-,23-/m0/s1. The molecule has 266 valence electrons. The van der Waals surface area contributed by atoms with Crippen LogP contribution < -0.4 is 38.9 Å². The Balaban J connectivity index is 3.50. The van der Waals surface area contributed by atoms with E-state index < -0.39 is 83.5 Å². The lowest BCUT2D eigenvalue weighted by atomic mass is 9.98. The molecule has 13 N–H and O–H groups in total. The summed E-state index contributed by atoms with van der Waals surface area (Å²) in [4.78, 5) is 95.2. The van der Waals surface area contributed by atoms with Gasteiger partial charge in [-0.25, -0.2) is 0 Å². The lowest BCUT2D eigenvalue weighted by Crippen LogP contribution is -2.65. The molecule has 18 nitrogen and oxygen atoms in total. The molecular weight excluding hydrogens is 630 g/mol. The maximum absolute atomic E-state index is 13.9. The predicted octanol–water partition coefficient (Wildman–Crippen LogP) is -2.46. The van der Waals surface area contributed by atoms with E-state index in [4.69, 9.17) is 22.9 Å². The summed E-state index contributed by atoms with van der Waals surface area (Å²) in [6.45, 7) is 6.74. The minimum atomic E-state index is -2.03. The number of amides is 6. The Morgan fingerprint density at radius 1 is 0.917 bits per heavy atom. The third-order valence-corrected chi connectivity index (χ3v) is 6.89. The number of rotatable bonds is 18. The van der Waals surface area contributed by atoms with E-state index in [1.807, 2.05) is 0 Å². The van der Waals surface area contributed by atoms with Crippen LogP contribution in [0, 0.1) is 5.92 Å². The Kier molecular flexibility index (Phi) is 15.4. The molecule has 0 radical (unpaired) electrons. The van der Waals surface area contributed by atoms with E-state index in [0.29, 0.717) is 10.5 Å². The zero-order valence-electron chi connectivity index (χ0n) is 27.7. The number of primary amides is 1. The van der Waals surface area contributed by atoms with Crippen LogP contribution in [0.15, 0.2) is 29.3 Å². The molecule has 0 aliphatic heterocycles. The molecule has 0 aliphatic carbocycles. The number of nitrogens with one attached hydrogen (secondary N) is 3. The van der Waals surface area contributed by atoms with E-state index in [9.17, 15) is 43.8 Å². The average molecular weight is 678 g/mol. The van der Waals surface area contributed by atoms with Crippen molar-refractivity contribution < 1.29 is 43.8 Å². The highest BCUT2D eigenvalue weighted by atomic mass is 16.4. The van der Waals surface area contributed by atoms with Gasteiger partial charge in [0.15, 0.2) is 5.96 Å². The lowest BCUT2D eigenvalue weighted by Gasteiger charge is -2.36. The molecule has 18 heteroatoms. The van der Waals surface area contributed by atoms with E-state index >= 15 is 0 Å². The van der Waals surface area contributed by atoms with E-state index in [2.05, 4.69) is 20.9 Å². The van der Waals surface area contributed by atoms with Crippen LogP contribution in [0.3, 0.4) is 0 Å². The van der Waals surface area contributed by atoms with Crippen LogP contribution in [0.5, 0.6) is 5.75 Å². The highest BCUT2D eigenvalue weighted by Crippen LogP contribution is 2.18. The quantitative estimate of drug-likeness (QED) is 0.0444. The second kappa shape index (κ2) is 18.2. The number of nitrogens with two attached hydrogens (primary N) is 4. The monoisotopic (exact) mass is 677 g/mol. The molecule has 1 rings (SSSR count). The fourth-order valence-corrected chi connectivity index (χ4v) is 4.48. The van der Waals surface area contributed by atoms with Gasteiger partial charge in [-0.05, 0) is 50.3 Å². The zero-order valence-corrected chi connectivity index (χ0v) is 27.7. The maximum Gasteiger partial charge on any atom is 0.306 e. The number of hydrogen-bond donors (Lipinski definition) is 9. The summed E-state index contributed by atoms with van der Waals surface area (Å²) < 4.78 is 0. The molecule has 48 heavy (non-hydrogen) atoms. The van der Waals surface area contributed by atoms with Gasteiger partial charge in [-0.3, -0.25) is 43.5 Å². The highest BCUT2D eigenvalue weighted by molar-refractivity contribution is 6.07. The fourth-order valence-electron chi connectivity index (χ4n) is 4.48. The number of benzene rings is 1. The number of carboxylic acid groups (broad SMARTS) is 1. The van der Waals surface area contributed by atoms with Crippen LogP contribution in [0.2, 0.25) is 0 Å². The molecule has 0 heterocycles. The second-order valence-corrected chi connectivity index (χ2v) is 12.1. The van der Waals surface area contributed by atoms with Crippen molar-refractivity contribution in [3.8, 4) is 5.75 Å². The van der Waals surface area contributed by atoms with Crippen LogP contribution in [0.4, 0.5) is 0 Å². The van der Waals surface area contributed by atoms with Crippen molar-refractivity contribution in [2.75, 3.05) is 6.54 Å². The van der Waals surface area contributed by atoms with Crippen LogP contribution in [-0.2, 0) is 40.0 Å². The minimum absolute atomic E-state index is 0.0183. The number of carbonyl (C=O) groups excluding carboxylic acids is 6. The fraction of sp³-hybridized carbons (Fsp3) is 0.533. The summed E-state index contributed by atoms with van der Waals surface area (Å²) in [5.74, 6) is -8.37. The number of imide groups is 1. The van der Waals surface area contributed by atoms with Gasteiger partial charge in [-0.1, -0.05) is 26.0 Å². The van der Waals surface area contributed by atoms with Crippen molar-refractivity contribution in [3.05, 3.63) is 29.8 Å². The van der Waals surface area contributed by atoms with Gasteiger partial charge in [0.2, 0.25) is 29.5 Å².